The van der Waals surface area contributed by atoms with Crippen LogP contribution in [0.5, 0.6) is 0 Å². The molecule has 3 aliphatic rings. The molecule has 1 aliphatic carbocycles. The maximum atomic E-state index is 11.6. The van der Waals surface area contributed by atoms with Gasteiger partial charge < -0.3 is 19.3 Å². The van der Waals surface area contributed by atoms with E-state index in [2.05, 4.69) is 0 Å². The molecule has 2 heterocycles. The van der Waals surface area contributed by atoms with Gasteiger partial charge in [-0.25, -0.2) is 9.59 Å². The third-order valence-electron chi connectivity index (χ3n) is 3.55. The van der Waals surface area contributed by atoms with E-state index in [1.54, 1.807) is 12.3 Å². The molecule has 0 aromatic carbocycles. The van der Waals surface area contributed by atoms with Gasteiger partial charge >= 0.3 is 11.3 Å². The zero-order valence-corrected chi connectivity index (χ0v) is 10.9. The van der Waals surface area contributed by atoms with Crippen molar-refractivity contribution in [1.29, 1.82) is 0 Å². The van der Waals surface area contributed by atoms with Gasteiger partial charge in [0.25, 0.3) is 0 Å². The Hall–Kier alpha value is -1.47. The second-order valence-corrected chi connectivity index (χ2v) is 5.25. The second kappa shape index (κ2) is 4.57. The number of hydrogen-bond donors (Lipinski definition) is 1. The number of thioether (sulfide) groups is 1. The fraction of sp³-hybridized carbons (Fsp3) is 0.500. The van der Waals surface area contributed by atoms with Gasteiger partial charge in [0.1, 0.15) is 12.7 Å². The van der Waals surface area contributed by atoms with E-state index in [1.165, 1.54) is 6.26 Å². The minimum atomic E-state index is -1.05. The first-order chi connectivity index (χ1) is 9.11. The molecule has 0 unspecified atom stereocenters. The third-order valence-corrected chi connectivity index (χ3v) is 4.00. The third kappa shape index (κ3) is 1.93. The number of carbonyl (C=O) groups is 2. The number of ether oxygens (including phenoxy) is 3. The Bertz CT molecular complexity index is 496. The maximum Gasteiger partial charge on any atom is 0.367 e. The van der Waals surface area contributed by atoms with Gasteiger partial charge in [-0.1, -0.05) is 0 Å². The van der Waals surface area contributed by atoms with E-state index in [1.807, 2.05) is 0 Å². The van der Waals surface area contributed by atoms with Gasteiger partial charge in [-0.05, 0) is 29.7 Å². The molecule has 1 fully saturated rings. The van der Waals surface area contributed by atoms with Crippen LogP contribution in [0.4, 0.5) is 4.79 Å². The van der Waals surface area contributed by atoms with Crippen LogP contribution in [0.3, 0.4) is 0 Å². The highest BCUT2D eigenvalue weighted by Crippen LogP contribution is 2.47. The topological polar surface area (TPSA) is 82.1 Å². The first-order valence-corrected chi connectivity index (χ1v) is 7.00. The molecule has 0 aromatic rings. The molecule has 2 aliphatic heterocycles. The standard InChI is InChI=1S/C12H12O6S/c1-19-12(15)17-3-5-2-7-9-6(10(13)18-7)4-16-11(14)8(5)9/h2,4,7-9,11,14H,3H2,1H3/t7-,8+,9-,11+/m0/s1. The van der Waals surface area contributed by atoms with Crippen molar-refractivity contribution < 1.29 is 28.9 Å². The Kier molecular flexibility index (Phi) is 3.02. The fourth-order valence-electron chi connectivity index (χ4n) is 2.73. The highest BCUT2D eigenvalue weighted by Gasteiger charge is 2.54. The molecule has 1 N–H and O–H groups in total. The van der Waals surface area contributed by atoms with Crippen LogP contribution < -0.4 is 0 Å². The van der Waals surface area contributed by atoms with E-state index in [4.69, 9.17) is 14.2 Å². The van der Waals surface area contributed by atoms with E-state index in [-0.39, 0.29) is 12.5 Å². The monoisotopic (exact) mass is 284 g/mol. The van der Waals surface area contributed by atoms with E-state index < -0.39 is 29.6 Å². The van der Waals surface area contributed by atoms with Gasteiger partial charge in [0.15, 0.2) is 0 Å². The van der Waals surface area contributed by atoms with Crippen LogP contribution in [0.1, 0.15) is 0 Å². The van der Waals surface area contributed by atoms with Crippen LogP contribution in [-0.2, 0) is 19.0 Å². The van der Waals surface area contributed by atoms with Crippen LogP contribution >= 0.6 is 11.8 Å². The summed E-state index contributed by atoms with van der Waals surface area (Å²) in [6.45, 7) is 0.0720. The summed E-state index contributed by atoms with van der Waals surface area (Å²) in [5.74, 6) is -1.05. The Balaban J connectivity index is 1.81. The van der Waals surface area contributed by atoms with Crippen molar-refractivity contribution in [2.24, 2.45) is 11.8 Å². The predicted octanol–water partition coefficient (Wildman–Crippen LogP) is 0.816. The highest BCUT2D eigenvalue weighted by molar-refractivity contribution is 8.12. The van der Waals surface area contributed by atoms with Gasteiger partial charge in [0.2, 0.25) is 6.29 Å². The van der Waals surface area contributed by atoms with Crippen molar-refractivity contribution in [3.05, 3.63) is 23.5 Å². The van der Waals surface area contributed by atoms with E-state index in [0.717, 1.165) is 17.3 Å². The summed E-state index contributed by atoms with van der Waals surface area (Å²) in [5.41, 5.74) is 1.16. The van der Waals surface area contributed by atoms with Crippen molar-refractivity contribution in [3.63, 3.8) is 0 Å². The Labute approximate surface area is 113 Å². The van der Waals surface area contributed by atoms with Crippen molar-refractivity contribution in [2.75, 3.05) is 12.9 Å². The van der Waals surface area contributed by atoms with Crippen LogP contribution in [0, 0.1) is 11.8 Å². The molecule has 102 valence electrons. The molecule has 6 nitrogen and oxygen atoms in total. The van der Waals surface area contributed by atoms with Crippen molar-refractivity contribution in [3.8, 4) is 0 Å². The smallest absolute Gasteiger partial charge is 0.367 e. The summed E-state index contributed by atoms with van der Waals surface area (Å²) in [5, 5.41) is 9.51. The molecule has 7 heteroatoms. The molecule has 0 amide bonds. The number of hydrogen-bond acceptors (Lipinski definition) is 7. The zero-order valence-electron chi connectivity index (χ0n) is 10.1. The van der Waals surface area contributed by atoms with E-state index in [0.29, 0.717) is 5.57 Å². The van der Waals surface area contributed by atoms with Gasteiger partial charge in [-0.3, -0.25) is 0 Å². The summed E-state index contributed by atoms with van der Waals surface area (Å²) < 4.78 is 15.3. The SMILES string of the molecule is CSC(=O)OCC1=C[C@@H]2OC(=O)C3=CO[C@@H](O)[C@H]1[C@@H]32. The molecule has 1 saturated heterocycles. The summed E-state index contributed by atoms with van der Waals surface area (Å²) in [6.07, 6.45) is 3.18. The second-order valence-electron chi connectivity index (χ2n) is 4.51. The Morgan fingerprint density at radius 3 is 3.05 bits per heavy atom. The summed E-state index contributed by atoms with van der Waals surface area (Å²) in [6, 6.07) is 0. The number of aliphatic hydroxyl groups excluding tert-OH is 1. The van der Waals surface area contributed by atoms with Crippen LogP contribution in [0.2, 0.25) is 0 Å². The van der Waals surface area contributed by atoms with Gasteiger partial charge in [-0.15, -0.1) is 0 Å². The largest absolute Gasteiger partial charge is 0.472 e. The zero-order chi connectivity index (χ0) is 13.6. The predicted molar refractivity (Wildman–Crippen MR) is 65.0 cm³/mol. The van der Waals surface area contributed by atoms with Crippen LogP contribution in [-0.4, -0.2) is 41.6 Å². The summed E-state index contributed by atoms with van der Waals surface area (Å²) >= 11 is 0.975. The average Bonchev–Trinajstić information content (AvgIpc) is 2.90. The van der Waals surface area contributed by atoms with Crippen LogP contribution in [0.25, 0.3) is 0 Å². The normalized spacial score (nSPS) is 34.9. The van der Waals surface area contributed by atoms with Gasteiger partial charge in [0, 0.05) is 5.92 Å². The molecule has 0 aromatic heterocycles. The maximum absolute atomic E-state index is 11.6. The van der Waals surface area contributed by atoms with E-state index >= 15 is 0 Å². The molecular weight excluding hydrogens is 272 g/mol. The fourth-order valence-corrected chi connectivity index (χ4v) is 2.90. The first-order valence-electron chi connectivity index (χ1n) is 5.77. The molecule has 4 atom stereocenters. The van der Waals surface area contributed by atoms with Gasteiger partial charge in [-0.2, -0.15) is 0 Å². The minimum Gasteiger partial charge on any atom is -0.472 e. The summed E-state index contributed by atoms with van der Waals surface area (Å²) in [7, 11) is 0. The molecular formula is C12H12O6S. The lowest BCUT2D eigenvalue weighted by Gasteiger charge is -2.29. The average molecular weight is 284 g/mol. The van der Waals surface area contributed by atoms with Crippen molar-refractivity contribution >= 4 is 23.0 Å². The molecule has 0 radical (unpaired) electrons. The van der Waals surface area contributed by atoms with Crippen LogP contribution in [0.15, 0.2) is 23.5 Å². The van der Waals surface area contributed by atoms with E-state index in [9.17, 15) is 14.7 Å². The first kappa shape index (κ1) is 12.6. The molecule has 0 saturated carbocycles. The lowest BCUT2D eigenvalue weighted by atomic mass is 9.84. The number of esters is 1. The number of carbonyl (C=O) groups excluding carboxylic acids is 2. The minimum absolute atomic E-state index is 0.0720. The Morgan fingerprint density at radius 2 is 2.32 bits per heavy atom. The highest BCUT2D eigenvalue weighted by atomic mass is 32.2. The van der Waals surface area contributed by atoms with Gasteiger partial charge in [0.05, 0.1) is 17.8 Å². The summed E-state index contributed by atoms with van der Waals surface area (Å²) in [4.78, 5) is 22.7. The Morgan fingerprint density at radius 1 is 1.53 bits per heavy atom. The number of aliphatic hydroxyl groups is 1. The lowest BCUT2D eigenvalue weighted by molar-refractivity contribution is -0.137. The van der Waals surface area contributed by atoms with Crippen molar-refractivity contribution in [1.82, 2.24) is 0 Å². The lowest BCUT2D eigenvalue weighted by Crippen LogP contribution is -2.35. The molecule has 19 heavy (non-hydrogen) atoms. The van der Waals surface area contributed by atoms with Crippen molar-refractivity contribution in [2.45, 2.75) is 12.4 Å². The molecule has 0 bridgehead atoms. The number of rotatable bonds is 2. The molecule has 0 spiro atoms. The molecule has 3 rings (SSSR count). The quantitative estimate of drug-likeness (QED) is 0.593.